The quantitative estimate of drug-likeness (QED) is 0.443. The summed E-state index contributed by atoms with van der Waals surface area (Å²) in [5, 5.41) is 9.44. The molecule has 0 aromatic heterocycles. The summed E-state index contributed by atoms with van der Waals surface area (Å²) in [6.45, 7) is 5.54. The van der Waals surface area contributed by atoms with Crippen LogP contribution in [-0.2, 0) is 0 Å². The second-order valence-corrected chi connectivity index (χ2v) is 4.41. The van der Waals surface area contributed by atoms with Crippen molar-refractivity contribution in [1.29, 1.82) is 0 Å². The topological polar surface area (TPSA) is 46.2 Å². The molecular weight excluding hydrogens is 198 g/mol. The highest BCUT2D eigenvalue weighted by atomic mass is 16.3. The van der Waals surface area contributed by atoms with Crippen LogP contribution >= 0.6 is 0 Å². The normalized spacial score (nSPS) is 15.2. The third kappa shape index (κ3) is 9.94. The summed E-state index contributed by atoms with van der Waals surface area (Å²) in [4.78, 5) is 0. The van der Waals surface area contributed by atoms with Crippen LogP contribution < -0.4 is 5.73 Å². The van der Waals surface area contributed by atoms with Crippen molar-refractivity contribution >= 4 is 0 Å². The molecule has 0 bridgehead atoms. The van der Waals surface area contributed by atoms with E-state index in [1.54, 1.807) is 0 Å². The fraction of sp³-hybridized carbons (Fsp3) is 0.714. The SMILES string of the molecule is C=CCCCCCC/C=C/C[C@H](O)[C@H](C)N. The number of nitrogens with two attached hydrogens (primary N) is 1. The molecule has 3 N–H and O–H groups in total. The lowest BCUT2D eigenvalue weighted by Gasteiger charge is -2.11. The van der Waals surface area contributed by atoms with E-state index in [1.165, 1.54) is 25.7 Å². The molecule has 0 aliphatic carbocycles. The van der Waals surface area contributed by atoms with Crippen LogP contribution in [0.5, 0.6) is 0 Å². The van der Waals surface area contributed by atoms with Crippen molar-refractivity contribution in [2.45, 2.75) is 64.0 Å². The molecule has 0 unspecified atom stereocenters. The van der Waals surface area contributed by atoms with Gasteiger partial charge in [-0.05, 0) is 39.0 Å². The van der Waals surface area contributed by atoms with E-state index in [4.69, 9.17) is 5.73 Å². The Labute approximate surface area is 100 Å². The van der Waals surface area contributed by atoms with Gasteiger partial charge < -0.3 is 10.8 Å². The Morgan fingerprint density at radius 1 is 1.12 bits per heavy atom. The van der Waals surface area contributed by atoms with Gasteiger partial charge >= 0.3 is 0 Å². The van der Waals surface area contributed by atoms with Crippen LogP contribution in [0.3, 0.4) is 0 Å². The zero-order valence-corrected chi connectivity index (χ0v) is 10.6. The first-order valence-corrected chi connectivity index (χ1v) is 6.38. The van der Waals surface area contributed by atoms with E-state index in [1.807, 2.05) is 19.1 Å². The number of rotatable bonds is 10. The molecule has 0 amide bonds. The zero-order valence-electron chi connectivity index (χ0n) is 10.6. The number of allylic oxidation sites excluding steroid dienone is 2. The van der Waals surface area contributed by atoms with Gasteiger partial charge in [0.15, 0.2) is 0 Å². The Morgan fingerprint density at radius 3 is 2.31 bits per heavy atom. The highest BCUT2D eigenvalue weighted by molar-refractivity contribution is 4.86. The second-order valence-electron chi connectivity index (χ2n) is 4.41. The molecule has 94 valence electrons. The van der Waals surface area contributed by atoms with Crippen LogP contribution in [0.1, 0.15) is 51.9 Å². The predicted octanol–water partition coefficient (Wildman–Crippen LogP) is 3.17. The minimum atomic E-state index is -0.399. The summed E-state index contributed by atoms with van der Waals surface area (Å²) in [5.74, 6) is 0. The highest BCUT2D eigenvalue weighted by Gasteiger charge is 2.05. The van der Waals surface area contributed by atoms with Crippen molar-refractivity contribution in [3.8, 4) is 0 Å². The summed E-state index contributed by atoms with van der Waals surface area (Å²) in [6, 6.07) is -0.136. The molecule has 0 rings (SSSR count). The fourth-order valence-corrected chi connectivity index (χ4v) is 1.47. The maximum absolute atomic E-state index is 9.44. The van der Waals surface area contributed by atoms with E-state index in [9.17, 15) is 5.11 Å². The van der Waals surface area contributed by atoms with Gasteiger partial charge in [0.2, 0.25) is 0 Å². The van der Waals surface area contributed by atoms with Crippen molar-refractivity contribution in [3.05, 3.63) is 24.8 Å². The molecule has 0 aliphatic rings. The Balaban J connectivity index is 3.24. The number of aliphatic hydroxyl groups is 1. The predicted molar refractivity (Wildman–Crippen MR) is 71.3 cm³/mol. The summed E-state index contributed by atoms with van der Waals surface area (Å²) in [7, 11) is 0. The summed E-state index contributed by atoms with van der Waals surface area (Å²) in [6.07, 6.45) is 13.8. The fourth-order valence-electron chi connectivity index (χ4n) is 1.47. The zero-order chi connectivity index (χ0) is 12.2. The summed E-state index contributed by atoms with van der Waals surface area (Å²) in [5.41, 5.74) is 5.55. The molecule has 0 aromatic rings. The Hall–Kier alpha value is -0.600. The van der Waals surface area contributed by atoms with E-state index < -0.39 is 6.10 Å². The van der Waals surface area contributed by atoms with Crippen molar-refractivity contribution in [1.82, 2.24) is 0 Å². The van der Waals surface area contributed by atoms with Gasteiger partial charge in [-0.25, -0.2) is 0 Å². The maximum Gasteiger partial charge on any atom is 0.0722 e. The van der Waals surface area contributed by atoms with E-state index in [2.05, 4.69) is 12.7 Å². The van der Waals surface area contributed by atoms with Crippen molar-refractivity contribution in [2.24, 2.45) is 5.73 Å². The van der Waals surface area contributed by atoms with Gasteiger partial charge in [0.1, 0.15) is 0 Å². The van der Waals surface area contributed by atoms with Crippen LogP contribution in [0.25, 0.3) is 0 Å². The lowest BCUT2D eigenvalue weighted by atomic mass is 10.1. The molecule has 0 saturated carbocycles. The first-order valence-electron chi connectivity index (χ1n) is 6.38. The van der Waals surface area contributed by atoms with E-state index in [0.717, 1.165) is 12.8 Å². The van der Waals surface area contributed by atoms with Gasteiger partial charge in [0.05, 0.1) is 6.10 Å². The second kappa shape index (κ2) is 10.9. The van der Waals surface area contributed by atoms with Crippen molar-refractivity contribution in [2.75, 3.05) is 0 Å². The lowest BCUT2D eigenvalue weighted by molar-refractivity contribution is 0.154. The minimum absolute atomic E-state index is 0.136. The number of hydrogen-bond acceptors (Lipinski definition) is 2. The molecule has 0 heterocycles. The minimum Gasteiger partial charge on any atom is -0.391 e. The van der Waals surface area contributed by atoms with Crippen LogP contribution in [-0.4, -0.2) is 17.3 Å². The summed E-state index contributed by atoms with van der Waals surface area (Å²) < 4.78 is 0. The largest absolute Gasteiger partial charge is 0.391 e. The molecule has 0 aromatic carbocycles. The van der Waals surface area contributed by atoms with E-state index in [0.29, 0.717) is 6.42 Å². The van der Waals surface area contributed by atoms with Crippen molar-refractivity contribution in [3.63, 3.8) is 0 Å². The molecule has 0 spiro atoms. The smallest absolute Gasteiger partial charge is 0.0722 e. The monoisotopic (exact) mass is 225 g/mol. The highest BCUT2D eigenvalue weighted by Crippen LogP contribution is 2.06. The molecule has 0 aliphatic heterocycles. The van der Waals surface area contributed by atoms with Gasteiger partial charge in [-0.1, -0.05) is 31.1 Å². The van der Waals surface area contributed by atoms with Crippen LogP contribution in [0, 0.1) is 0 Å². The number of aliphatic hydroxyl groups excluding tert-OH is 1. The molecule has 2 heteroatoms. The van der Waals surface area contributed by atoms with Gasteiger partial charge in [0, 0.05) is 6.04 Å². The van der Waals surface area contributed by atoms with E-state index >= 15 is 0 Å². The first kappa shape index (κ1) is 15.4. The Bertz CT molecular complexity index is 187. The molecule has 16 heavy (non-hydrogen) atoms. The lowest BCUT2D eigenvalue weighted by Crippen LogP contribution is -2.30. The molecule has 0 radical (unpaired) electrons. The Morgan fingerprint density at radius 2 is 1.75 bits per heavy atom. The molecule has 2 atom stereocenters. The maximum atomic E-state index is 9.44. The van der Waals surface area contributed by atoms with Gasteiger partial charge in [-0.2, -0.15) is 0 Å². The third-order valence-electron chi connectivity index (χ3n) is 2.68. The average molecular weight is 225 g/mol. The molecule has 2 nitrogen and oxygen atoms in total. The van der Waals surface area contributed by atoms with Crippen LogP contribution in [0.15, 0.2) is 24.8 Å². The summed E-state index contributed by atoms with van der Waals surface area (Å²) >= 11 is 0. The van der Waals surface area contributed by atoms with Gasteiger partial charge in [-0.15, -0.1) is 6.58 Å². The molecular formula is C14H27NO. The standard InChI is InChI=1S/C14H27NO/c1-3-4-5-6-7-8-9-10-11-12-14(16)13(2)15/h3,10-11,13-14,16H,1,4-9,12,15H2,2H3/b11-10+/t13-,14-/m0/s1. The first-order chi connectivity index (χ1) is 7.68. The van der Waals surface area contributed by atoms with Gasteiger partial charge in [0.25, 0.3) is 0 Å². The van der Waals surface area contributed by atoms with Crippen LogP contribution in [0.4, 0.5) is 0 Å². The Kier molecular flexibility index (Phi) is 10.5. The average Bonchev–Trinajstić information content (AvgIpc) is 2.26. The van der Waals surface area contributed by atoms with Gasteiger partial charge in [-0.3, -0.25) is 0 Å². The molecule has 0 saturated heterocycles. The van der Waals surface area contributed by atoms with Crippen LogP contribution in [0.2, 0.25) is 0 Å². The number of unbranched alkanes of at least 4 members (excludes halogenated alkanes) is 5. The number of hydrogen-bond donors (Lipinski definition) is 2. The molecule has 0 fully saturated rings. The van der Waals surface area contributed by atoms with Crippen molar-refractivity contribution < 1.29 is 5.11 Å². The third-order valence-corrected chi connectivity index (χ3v) is 2.68. The van der Waals surface area contributed by atoms with E-state index in [-0.39, 0.29) is 6.04 Å².